The quantitative estimate of drug-likeness (QED) is 0.554. The summed E-state index contributed by atoms with van der Waals surface area (Å²) in [5.74, 6) is 0.252. The third kappa shape index (κ3) is 3.41. The number of rotatable bonds is 5. The van der Waals surface area contributed by atoms with Crippen molar-refractivity contribution in [1.29, 1.82) is 0 Å². The molecular weight excluding hydrogens is 308 g/mol. The Balaban J connectivity index is 1.72. The Kier molecular flexibility index (Phi) is 4.53. The molecule has 3 rings (SSSR count). The topological polar surface area (TPSA) is 89.3 Å². The largest absolute Gasteiger partial charge is 0.497 e. The van der Waals surface area contributed by atoms with Crippen LogP contribution in [0.3, 0.4) is 0 Å². The molecule has 0 unspecified atom stereocenters. The number of aromatic nitrogens is 3. The Labute approximate surface area is 138 Å². The molecule has 0 bridgehead atoms. The van der Waals surface area contributed by atoms with Gasteiger partial charge in [0.25, 0.3) is 5.91 Å². The van der Waals surface area contributed by atoms with Crippen LogP contribution >= 0.6 is 0 Å². The van der Waals surface area contributed by atoms with Gasteiger partial charge in [-0.3, -0.25) is 10.0 Å². The first-order chi connectivity index (χ1) is 11.7. The minimum Gasteiger partial charge on any atom is -0.497 e. The van der Waals surface area contributed by atoms with Crippen LogP contribution in [0.25, 0.3) is 11.3 Å². The number of hydrogen-bond acceptors (Lipinski definition) is 5. The van der Waals surface area contributed by atoms with E-state index < -0.39 is 5.91 Å². The van der Waals surface area contributed by atoms with Crippen LogP contribution in [0.15, 0.2) is 54.7 Å². The molecule has 0 aliphatic rings. The first kappa shape index (κ1) is 15.7. The maximum absolute atomic E-state index is 11.3. The van der Waals surface area contributed by atoms with E-state index in [1.54, 1.807) is 41.5 Å². The van der Waals surface area contributed by atoms with Crippen LogP contribution in [0.2, 0.25) is 0 Å². The second kappa shape index (κ2) is 6.93. The fourth-order valence-corrected chi connectivity index (χ4v) is 2.28. The van der Waals surface area contributed by atoms with Crippen molar-refractivity contribution in [2.45, 2.75) is 6.54 Å². The number of nitrogens with zero attached hydrogens (tertiary/aromatic N) is 3. The van der Waals surface area contributed by atoms with E-state index in [1.165, 1.54) is 0 Å². The Bertz CT molecular complexity index is 826. The number of nitrogens with one attached hydrogen (secondary N) is 1. The monoisotopic (exact) mass is 324 g/mol. The van der Waals surface area contributed by atoms with E-state index in [2.05, 4.69) is 10.3 Å². The summed E-state index contributed by atoms with van der Waals surface area (Å²) >= 11 is 0. The zero-order valence-corrected chi connectivity index (χ0v) is 13.0. The van der Waals surface area contributed by atoms with E-state index in [9.17, 15) is 4.79 Å². The molecule has 0 fully saturated rings. The van der Waals surface area contributed by atoms with Gasteiger partial charge in [0.15, 0.2) is 0 Å². The van der Waals surface area contributed by atoms with Gasteiger partial charge < -0.3 is 4.74 Å². The van der Waals surface area contributed by atoms with Crippen LogP contribution in [0.4, 0.5) is 0 Å². The van der Waals surface area contributed by atoms with E-state index in [1.807, 2.05) is 30.5 Å². The highest BCUT2D eigenvalue weighted by molar-refractivity contribution is 5.93. The predicted octanol–water partition coefficient (Wildman–Crippen LogP) is 2.12. The molecule has 0 spiro atoms. The molecule has 0 saturated carbocycles. The highest BCUT2D eigenvalue weighted by Gasteiger charge is 2.06. The average Bonchev–Trinajstić information content (AvgIpc) is 3.10. The first-order valence-corrected chi connectivity index (χ1v) is 7.27. The summed E-state index contributed by atoms with van der Waals surface area (Å²) in [6.45, 7) is 0.532. The summed E-state index contributed by atoms with van der Waals surface area (Å²) < 4.78 is 6.86. The number of ether oxygens (including phenoxy) is 1. The summed E-state index contributed by atoms with van der Waals surface area (Å²) in [5.41, 5.74) is 4.69. The van der Waals surface area contributed by atoms with Gasteiger partial charge in [-0.1, -0.05) is 17.3 Å². The molecular formula is C17H16N4O3. The van der Waals surface area contributed by atoms with Gasteiger partial charge >= 0.3 is 0 Å². The summed E-state index contributed by atoms with van der Waals surface area (Å²) in [7, 11) is 1.63. The van der Waals surface area contributed by atoms with E-state index in [-0.39, 0.29) is 0 Å². The lowest BCUT2D eigenvalue weighted by atomic mass is 10.1. The van der Waals surface area contributed by atoms with Gasteiger partial charge in [-0.2, -0.15) is 0 Å². The van der Waals surface area contributed by atoms with E-state index >= 15 is 0 Å². The lowest BCUT2D eigenvalue weighted by molar-refractivity contribution is 0.0706. The lowest BCUT2D eigenvalue weighted by Crippen LogP contribution is -2.18. The normalized spacial score (nSPS) is 10.4. The zero-order valence-electron chi connectivity index (χ0n) is 13.0. The molecule has 0 atom stereocenters. The number of methoxy groups -OCH3 is 1. The zero-order chi connectivity index (χ0) is 16.9. The molecule has 0 aliphatic heterocycles. The number of carbonyl (C=O) groups excluding carboxylic acids is 1. The smallest absolute Gasteiger partial charge is 0.274 e. The maximum Gasteiger partial charge on any atom is 0.274 e. The van der Waals surface area contributed by atoms with Crippen LogP contribution in [0.1, 0.15) is 15.9 Å². The van der Waals surface area contributed by atoms with Gasteiger partial charge in [0, 0.05) is 11.1 Å². The van der Waals surface area contributed by atoms with Gasteiger partial charge in [-0.05, 0) is 42.0 Å². The molecule has 7 heteroatoms. The molecule has 2 N–H and O–H groups in total. The molecule has 0 saturated heterocycles. The van der Waals surface area contributed by atoms with Crippen molar-refractivity contribution in [3.8, 4) is 17.0 Å². The average molecular weight is 324 g/mol. The van der Waals surface area contributed by atoms with Crippen molar-refractivity contribution < 1.29 is 14.7 Å². The minimum absolute atomic E-state index is 0.388. The lowest BCUT2D eigenvalue weighted by Gasteiger charge is -2.03. The van der Waals surface area contributed by atoms with Crippen LogP contribution < -0.4 is 10.2 Å². The second-order valence-corrected chi connectivity index (χ2v) is 5.17. The molecule has 1 amide bonds. The van der Waals surface area contributed by atoms with Crippen LogP contribution in [-0.4, -0.2) is 33.2 Å². The van der Waals surface area contributed by atoms with Crippen molar-refractivity contribution in [3.63, 3.8) is 0 Å². The fourth-order valence-electron chi connectivity index (χ4n) is 2.28. The molecule has 7 nitrogen and oxygen atoms in total. The summed E-state index contributed by atoms with van der Waals surface area (Å²) in [5, 5.41) is 16.9. The summed E-state index contributed by atoms with van der Waals surface area (Å²) in [6, 6.07) is 14.5. The Morgan fingerprint density at radius 3 is 2.50 bits per heavy atom. The fraction of sp³-hybridized carbons (Fsp3) is 0.118. The van der Waals surface area contributed by atoms with Gasteiger partial charge in [0.2, 0.25) is 0 Å². The van der Waals surface area contributed by atoms with Gasteiger partial charge in [0.05, 0.1) is 19.9 Å². The third-order valence-electron chi connectivity index (χ3n) is 3.59. The summed E-state index contributed by atoms with van der Waals surface area (Å²) in [4.78, 5) is 11.3. The van der Waals surface area contributed by atoms with Crippen molar-refractivity contribution in [2.75, 3.05) is 7.11 Å². The van der Waals surface area contributed by atoms with Crippen molar-refractivity contribution in [1.82, 2.24) is 20.5 Å². The molecule has 122 valence electrons. The standard InChI is InChI=1S/C17H16N4O3/c1-24-15-8-6-13(7-9-15)16-11-21(20-18-16)10-12-2-4-14(5-3-12)17(22)19-23/h2-9,11,23H,10H2,1H3,(H,19,22). The van der Waals surface area contributed by atoms with Crippen molar-refractivity contribution in [2.24, 2.45) is 0 Å². The Morgan fingerprint density at radius 2 is 1.88 bits per heavy atom. The molecule has 1 aromatic heterocycles. The number of benzene rings is 2. The van der Waals surface area contributed by atoms with Crippen LogP contribution in [0.5, 0.6) is 5.75 Å². The van der Waals surface area contributed by atoms with E-state index in [0.717, 1.165) is 22.6 Å². The molecule has 0 aliphatic carbocycles. The van der Waals surface area contributed by atoms with Crippen molar-refractivity contribution >= 4 is 5.91 Å². The molecule has 3 aromatic rings. The predicted molar refractivity (Wildman–Crippen MR) is 86.8 cm³/mol. The summed E-state index contributed by atoms with van der Waals surface area (Å²) in [6.07, 6.45) is 1.86. The first-order valence-electron chi connectivity index (χ1n) is 7.27. The maximum atomic E-state index is 11.3. The van der Waals surface area contributed by atoms with Gasteiger partial charge in [-0.25, -0.2) is 10.2 Å². The molecule has 1 heterocycles. The second-order valence-electron chi connectivity index (χ2n) is 5.17. The molecule has 2 aromatic carbocycles. The van der Waals surface area contributed by atoms with E-state index in [4.69, 9.17) is 9.94 Å². The van der Waals surface area contributed by atoms with Crippen LogP contribution in [0, 0.1) is 0 Å². The minimum atomic E-state index is -0.538. The number of carbonyl (C=O) groups is 1. The van der Waals surface area contributed by atoms with Gasteiger partial charge in [-0.15, -0.1) is 5.10 Å². The molecule has 24 heavy (non-hydrogen) atoms. The third-order valence-corrected chi connectivity index (χ3v) is 3.59. The SMILES string of the molecule is COc1ccc(-c2cn(Cc3ccc(C(=O)NO)cc3)nn2)cc1. The Morgan fingerprint density at radius 1 is 1.17 bits per heavy atom. The number of hydroxylamine groups is 1. The highest BCUT2D eigenvalue weighted by Crippen LogP contribution is 2.20. The Hall–Kier alpha value is -3.19. The molecule has 0 radical (unpaired) electrons. The highest BCUT2D eigenvalue weighted by atomic mass is 16.5. The van der Waals surface area contributed by atoms with Crippen molar-refractivity contribution in [3.05, 3.63) is 65.9 Å². The number of amides is 1. The van der Waals surface area contributed by atoms with E-state index in [0.29, 0.717) is 12.1 Å². The van der Waals surface area contributed by atoms with Gasteiger partial charge in [0.1, 0.15) is 11.4 Å². The number of hydrogen-bond donors (Lipinski definition) is 2. The van der Waals surface area contributed by atoms with Crippen LogP contribution in [-0.2, 0) is 6.54 Å².